The molecule has 1 aromatic heterocycles. The molecule has 0 fully saturated rings. The highest BCUT2D eigenvalue weighted by Crippen LogP contribution is 2.26. The lowest BCUT2D eigenvalue weighted by Gasteiger charge is -2.22. The molecule has 1 heterocycles. The van der Waals surface area contributed by atoms with Crippen molar-refractivity contribution in [1.29, 1.82) is 0 Å². The van der Waals surface area contributed by atoms with Crippen molar-refractivity contribution in [3.63, 3.8) is 0 Å². The van der Waals surface area contributed by atoms with Crippen molar-refractivity contribution in [2.24, 2.45) is 0 Å². The molecule has 0 radical (unpaired) electrons. The van der Waals surface area contributed by atoms with Gasteiger partial charge in [-0.3, -0.25) is 14.2 Å². The van der Waals surface area contributed by atoms with Gasteiger partial charge in [0, 0.05) is 13.6 Å². The summed E-state index contributed by atoms with van der Waals surface area (Å²) in [5.74, 6) is -0.600. The van der Waals surface area contributed by atoms with Crippen LogP contribution in [0, 0.1) is 0 Å². The first kappa shape index (κ1) is 24.2. The summed E-state index contributed by atoms with van der Waals surface area (Å²) in [6.45, 7) is 2.27. The third-order valence-electron chi connectivity index (χ3n) is 5.54. The van der Waals surface area contributed by atoms with Gasteiger partial charge < -0.3 is 9.64 Å². The Morgan fingerprint density at radius 2 is 1.69 bits per heavy atom. The van der Waals surface area contributed by atoms with Gasteiger partial charge in [-0.25, -0.2) is 9.78 Å². The first-order valence-electron chi connectivity index (χ1n) is 11.0. The average molecular weight is 488 g/mol. The van der Waals surface area contributed by atoms with Crippen molar-refractivity contribution in [2.75, 3.05) is 14.2 Å². The van der Waals surface area contributed by atoms with E-state index in [1.807, 2.05) is 60.7 Å². The lowest BCUT2D eigenvalue weighted by atomic mass is 10.1. The molecule has 35 heavy (non-hydrogen) atoms. The quantitative estimate of drug-likeness (QED) is 0.220. The number of fused-ring (bicyclic) bond motifs is 1. The Labute approximate surface area is 207 Å². The van der Waals surface area contributed by atoms with Crippen LogP contribution in [0.1, 0.15) is 22.8 Å². The second kappa shape index (κ2) is 10.6. The van der Waals surface area contributed by atoms with Gasteiger partial charge in [-0.1, -0.05) is 60.3 Å². The van der Waals surface area contributed by atoms with Gasteiger partial charge in [-0.15, -0.1) is 0 Å². The van der Waals surface area contributed by atoms with Crippen LogP contribution in [0.2, 0.25) is 0 Å². The molecule has 0 aliphatic carbocycles. The van der Waals surface area contributed by atoms with Crippen LogP contribution in [0.4, 0.5) is 0 Å². The number of amides is 1. The number of hydrogen-bond acceptors (Lipinski definition) is 6. The van der Waals surface area contributed by atoms with Gasteiger partial charge in [0.05, 0.1) is 34.5 Å². The summed E-state index contributed by atoms with van der Waals surface area (Å²) < 4.78 is 6.31. The average Bonchev–Trinajstić information content (AvgIpc) is 2.88. The zero-order chi connectivity index (χ0) is 24.9. The molecule has 0 N–H and O–H groups in total. The third-order valence-corrected chi connectivity index (χ3v) is 6.58. The van der Waals surface area contributed by atoms with E-state index in [-0.39, 0.29) is 11.5 Å². The molecule has 7 nitrogen and oxygen atoms in total. The maximum atomic E-state index is 13.5. The van der Waals surface area contributed by atoms with Crippen LogP contribution in [-0.4, -0.2) is 45.7 Å². The fraction of sp³-hybridized carbons (Fsp3) is 0.185. The summed E-state index contributed by atoms with van der Waals surface area (Å²) in [5, 5.41) is 0.225. The third kappa shape index (κ3) is 5.27. The number of nitrogens with zero attached hydrogens (tertiary/aromatic N) is 3. The minimum absolute atomic E-state index is 0.0869. The number of ether oxygens (including phenoxy) is 1. The van der Waals surface area contributed by atoms with Gasteiger partial charge in [0.1, 0.15) is 0 Å². The monoisotopic (exact) mass is 487 g/mol. The summed E-state index contributed by atoms with van der Waals surface area (Å²) in [7, 11) is 3.06. The van der Waals surface area contributed by atoms with Crippen LogP contribution >= 0.6 is 11.8 Å². The van der Waals surface area contributed by atoms with Gasteiger partial charge in [-0.05, 0) is 42.8 Å². The Morgan fingerprint density at radius 1 is 1.03 bits per heavy atom. The van der Waals surface area contributed by atoms with Gasteiger partial charge >= 0.3 is 5.97 Å². The molecule has 178 valence electrons. The van der Waals surface area contributed by atoms with E-state index in [1.54, 1.807) is 31.0 Å². The highest BCUT2D eigenvalue weighted by atomic mass is 32.2. The maximum absolute atomic E-state index is 13.5. The number of benzene rings is 3. The lowest BCUT2D eigenvalue weighted by Crippen LogP contribution is -2.33. The van der Waals surface area contributed by atoms with Crippen molar-refractivity contribution in [3.05, 3.63) is 100 Å². The fourth-order valence-corrected chi connectivity index (χ4v) is 4.79. The van der Waals surface area contributed by atoms with E-state index in [4.69, 9.17) is 9.72 Å². The molecule has 1 atom stereocenters. The van der Waals surface area contributed by atoms with Crippen LogP contribution in [0.25, 0.3) is 16.6 Å². The van der Waals surface area contributed by atoms with Gasteiger partial charge in [0.2, 0.25) is 5.91 Å². The van der Waals surface area contributed by atoms with E-state index < -0.39 is 11.2 Å². The molecule has 0 aliphatic rings. The minimum atomic E-state index is -0.513. The second-order valence-electron chi connectivity index (χ2n) is 8.03. The molecule has 1 unspecified atom stereocenters. The molecule has 8 heteroatoms. The van der Waals surface area contributed by atoms with Crippen molar-refractivity contribution < 1.29 is 14.3 Å². The number of para-hydroxylation sites is 1. The molecule has 4 aromatic rings. The predicted octanol–water partition coefficient (Wildman–Crippen LogP) is 4.31. The summed E-state index contributed by atoms with van der Waals surface area (Å²) in [6, 6.07) is 23.6. The van der Waals surface area contributed by atoms with E-state index in [2.05, 4.69) is 0 Å². The predicted molar refractivity (Wildman–Crippen MR) is 137 cm³/mol. The van der Waals surface area contributed by atoms with Gasteiger partial charge in [0.25, 0.3) is 5.56 Å². The second-order valence-corrected chi connectivity index (χ2v) is 9.34. The molecule has 4 rings (SSSR count). The van der Waals surface area contributed by atoms with Crippen LogP contribution in [0.5, 0.6) is 0 Å². The molecule has 0 spiro atoms. The molecule has 0 saturated carbocycles. The molecular weight excluding hydrogens is 462 g/mol. The summed E-state index contributed by atoms with van der Waals surface area (Å²) in [4.78, 5) is 45.1. The summed E-state index contributed by atoms with van der Waals surface area (Å²) in [6.07, 6.45) is 0. The smallest absolute Gasteiger partial charge is 0.337 e. The normalized spacial score (nSPS) is 11.7. The lowest BCUT2D eigenvalue weighted by molar-refractivity contribution is -0.129. The number of esters is 1. The van der Waals surface area contributed by atoms with E-state index >= 15 is 0 Å². The Hall–Kier alpha value is -3.91. The highest BCUT2D eigenvalue weighted by molar-refractivity contribution is 8.00. The van der Waals surface area contributed by atoms with E-state index in [9.17, 15) is 14.4 Å². The van der Waals surface area contributed by atoms with Crippen LogP contribution in [0.3, 0.4) is 0 Å². The molecule has 3 aromatic carbocycles. The highest BCUT2D eigenvalue weighted by Gasteiger charge is 2.23. The first-order valence-corrected chi connectivity index (χ1v) is 11.9. The number of rotatable bonds is 7. The number of aromatic nitrogens is 2. The zero-order valence-corrected chi connectivity index (χ0v) is 20.5. The largest absolute Gasteiger partial charge is 0.465 e. The number of carbonyl (C=O) groups excluding carboxylic acids is 2. The van der Waals surface area contributed by atoms with Gasteiger partial charge in [-0.2, -0.15) is 0 Å². The topological polar surface area (TPSA) is 81.5 Å². The Balaban J connectivity index is 1.73. The molecule has 0 bridgehead atoms. The SMILES string of the molecule is COC(=O)c1ccc2c(=O)n(-c3ccccc3)c(SC(C)C(=O)N(C)Cc3ccccc3)nc2c1. The first-order chi connectivity index (χ1) is 16.9. The van der Waals surface area contributed by atoms with Crippen molar-refractivity contribution >= 4 is 34.5 Å². The van der Waals surface area contributed by atoms with E-state index in [1.165, 1.54) is 29.5 Å². The number of thioether (sulfide) groups is 1. The number of methoxy groups -OCH3 is 1. The van der Waals surface area contributed by atoms with Gasteiger partial charge in [0.15, 0.2) is 5.16 Å². The van der Waals surface area contributed by atoms with E-state index in [0.29, 0.717) is 33.9 Å². The minimum Gasteiger partial charge on any atom is -0.465 e. The molecular formula is C27H25N3O4S. The summed E-state index contributed by atoms with van der Waals surface area (Å²) >= 11 is 1.21. The molecule has 0 saturated heterocycles. The van der Waals surface area contributed by atoms with Crippen molar-refractivity contribution in [2.45, 2.75) is 23.9 Å². The number of carbonyl (C=O) groups is 2. The Morgan fingerprint density at radius 3 is 2.34 bits per heavy atom. The van der Waals surface area contributed by atoms with Crippen molar-refractivity contribution in [3.8, 4) is 5.69 Å². The number of hydrogen-bond donors (Lipinski definition) is 0. The van der Waals surface area contributed by atoms with Crippen LogP contribution in [0.15, 0.2) is 88.8 Å². The fourth-order valence-electron chi connectivity index (χ4n) is 3.75. The van der Waals surface area contributed by atoms with Crippen molar-refractivity contribution in [1.82, 2.24) is 14.5 Å². The van der Waals surface area contributed by atoms with Crippen LogP contribution < -0.4 is 5.56 Å². The standard InChI is InChI=1S/C27H25N3O4S/c1-18(24(31)29(2)17-19-10-6-4-7-11-19)35-27-28-23-16-20(26(33)34-3)14-15-22(23)25(32)30(27)21-12-8-5-9-13-21/h4-16,18H,17H2,1-3H3. The Kier molecular flexibility index (Phi) is 7.31. The molecule has 0 aliphatic heterocycles. The molecule has 1 amide bonds. The summed E-state index contributed by atoms with van der Waals surface area (Å²) in [5.41, 5.74) is 2.05. The maximum Gasteiger partial charge on any atom is 0.337 e. The van der Waals surface area contributed by atoms with Crippen LogP contribution in [-0.2, 0) is 16.1 Å². The zero-order valence-electron chi connectivity index (χ0n) is 19.7. The Bertz CT molecular complexity index is 1420. The van der Waals surface area contributed by atoms with E-state index in [0.717, 1.165) is 5.56 Å².